The Morgan fingerprint density at radius 1 is 0.861 bits per heavy atom. The summed E-state index contributed by atoms with van der Waals surface area (Å²) in [6.45, 7) is 6.98. The number of sulfonamides is 1. The number of anilines is 1. The molecular formula is C28H33N3O4S. The number of amides is 2. The van der Waals surface area contributed by atoms with Gasteiger partial charge in [0.05, 0.1) is 10.6 Å². The number of rotatable bonds is 9. The molecule has 3 aromatic rings. The fourth-order valence-corrected chi connectivity index (χ4v) is 5.44. The molecule has 0 aliphatic heterocycles. The number of aryl methyl sites for hydroxylation is 3. The van der Waals surface area contributed by atoms with Crippen molar-refractivity contribution in [3.05, 3.63) is 95.1 Å². The van der Waals surface area contributed by atoms with Crippen LogP contribution in [0.4, 0.5) is 5.69 Å². The van der Waals surface area contributed by atoms with Crippen molar-refractivity contribution in [3.8, 4) is 0 Å². The summed E-state index contributed by atoms with van der Waals surface area (Å²) >= 11 is 0. The Bertz CT molecular complexity index is 1340. The third-order valence-corrected chi connectivity index (χ3v) is 8.06. The van der Waals surface area contributed by atoms with Crippen molar-refractivity contribution in [2.75, 3.05) is 17.9 Å². The van der Waals surface area contributed by atoms with Gasteiger partial charge < -0.3 is 10.2 Å². The van der Waals surface area contributed by atoms with E-state index in [9.17, 15) is 18.0 Å². The predicted molar refractivity (Wildman–Crippen MR) is 142 cm³/mol. The van der Waals surface area contributed by atoms with Crippen LogP contribution in [0.25, 0.3) is 0 Å². The van der Waals surface area contributed by atoms with Crippen LogP contribution in [0.3, 0.4) is 0 Å². The normalized spacial score (nSPS) is 12.0. The van der Waals surface area contributed by atoms with E-state index in [0.29, 0.717) is 11.3 Å². The molecule has 3 rings (SSSR count). The lowest BCUT2D eigenvalue weighted by molar-refractivity contribution is -0.139. The van der Waals surface area contributed by atoms with E-state index in [1.807, 2.05) is 44.2 Å². The molecule has 0 unspecified atom stereocenters. The molecule has 7 nitrogen and oxygen atoms in total. The van der Waals surface area contributed by atoms with Gasteiger partial charge >= 0.3 is 0 Å². The van der Waals surface area contributed by atoms with E-state index >= 15 is 0 Å². The molecule has 0 aliphatic rings. The molecule has 0 aliphatic carbocycles. The lowest BCUT2D eigenvalue weighted by atomic mass is 10.1. The van der Waals surface area contributed by atoms with Gasteiger partial charge in [-0.2, -0.15) is 0 Å². The first-order valence-corrected chi connectivity index (χ1v) is 13.2. The Morgan fingerprint density at radius 2 is 1.44 bits per heavy atom. The monoisotopic (exact) mass is 507 g/mol. The predicted octanol–water partition coefficient (Wildman–Crippen LogP) is 3.97. The summed E-state index contributed by atoms with van der Waals surface area (Å²) in [7, 11) is -2.56. The van der Waals surface area contributed by atoms with E-state index in [1.165, 1.54) is 11.9 Å². The second-order valence-corrected chi connectivity index (χ2v) is 10.7. The van der Waals surface area contributed by atoms with E-state index in [4.69, 9.17) is 0 Å². The van der Waals surface area contributed by atoms with E-state index in [0.717, 1.165) is 21.0 Å². The number of hydrogen-bond acceptors (Lipinski definition) is 4. The summed E-state index contributed by atoms with van der Waals surface area (Å²) in [5, 5.41) is 2.59. The summed E-state index contributed by atoms with van der Waals surface area (Å²) in [4.78, 5) is 27.9. The molecule has 1 N–H and O–H groups in total. The van der Waals surface area contributed by atoms with E-state index in [2.05, 4.69) is 5.32 Å². The van der Waals surface area contributed by atoms with Gasteiger partial charge in [0.2, 0.25) is 11.8 Å². The molecule has 1 atom stereocenters. The number of carbonyl (C=O) groups excluding carboxylic acids is 2. The lowest BCUT2D eigenvalue weighted by Gasteiger charge is -2.32. The molecule has 0 bridgehead atoms. The molecule has 0 fully saturated rings. The molecule has 0 spiro atoms. The number of para-hydroxylation sites is 1. The molecular weight excluding hydrogens is 474 g/mol. The minimum atomic E-state index is -4.07. The van der Waals surface area contributed by atoms with Crippen molar-refractivity contribution in [3.63, 3.8) is 0 Å². The van der Waals surface area contributed by atoms with Crippen molar-refractivity contribution < 1.29 is 18.0 Å². The zero-order valence-corrected chi connectivity index (χ0v) is 22.2. The minimum absolute atomic E-state index is 0.0916. The number of likely N-dealkylation sites (N-methyl/N-ethyl adjacent to an activating group) is 1. The van der Waals surface area contributed by atoms with Crippen LogP contribution < -0.4 is 9.62 Å². The van der Waals surface area contributed by atoms with Gasteiger partial charge in [0.1, 0.15) is 12.6 Å². The van der Waals surface area contributed by atoms with Crippen LogP contribution >= 0.6 is 0 Å². The van der Waals surface area contributed by atoms with Crippen molar-refractivity contribution in [2.45, 2.75) is 45.2 Å². The van der Waals surface area contributed by atoms with Gasteiger partial charge in [-0.05, 0) is 62.6 Å². The van der Waals surface area contributed by atoms with Crippen molar-refractivity contribution in [2.24, 2.45) is 0 Å². The first kappa shape index (κ1) is 26.9. The summed E-state index contributed by atoms with van der Waals surface area (Å²) in [5.74, 6) is -0.811. The fraction of sp³-hybridized carbons (Fsp3) is 0.286. The summed E-state index contributed by atoms with van der Waals surface area (Å²) in [6.07, 6.45) is 0. The summed E-state index contributed by atoms with van der Waals surface area (Å²) < 4.78 is 28.7. The van der Waals surface area contributed by atoms with Crippen LogP contribution in [0.1, 0.15) is 29.2 Å². The number of nitrogens with zero attached hydrogens (tertiary/aromatic N) is 2. The highest BCUT2D eigenvalue weighted by molar-refractivity contribution is 7.92. The van der Waals surface area contributed by atoms with Crippen LogP contribution in [-0.2, 0) is 26.2 Å². The average molecular weight is 508 g/mol. The maximum atomic E-state index is 13.8. The van der Waals surface area contributed by atoms with Gasteiger partial charge in [0.15, 0.2) is 0 Å². The van der Waals surface area contributed by atoms with Gasteiger partial charge in [0, 0.05) is 13.6 Å². The van der Waals surface area contributed by atoms with Gasteiger partial charge in [-0.3, -0.25) is 13.9 Å². The third-order valence-electron chi connectivity index (χ3n) is 6.29. The molecule has 3 aromatic carbocycles. The molecule has 0 radical (unpaired) electrons. The largest absolute Gasteiger partial charge is 0.357 e. The standard InChI is InChI=1S/C28H33N3O4S/c1-20-14-16-25(17-15-20)36(34,35)31(26-13-9-7-11-22(26)3)19-27(32)30(23(4)28(33)29-5)18-24-12-8-6-10-21(24)2/h6-17,23H,18-19H2,1-5H3,(H,29,33)/t23-/m1/s1. The number of nitrogens with one attached hydrogen (secondary N) is 1. The Labute approximate surface area is 213 Å². The SMILES string of the molecule is CNC(=O)[C@@H](C)N(Cc1ccccc1C)C(=O)CN(c1ccccc1C)S(=O)(=O)c1ccc(C)cc1. The highest BCUT2D eigenvalue weighted by atomic mass is 32.2. The second-order valence-electron chi connectivity index (χ2n) is 8.85. The highest BCUT2D eigenvalue weighted by Gasteiger charge is 2.33. The minimum Gasteiger partial charge on any atom is -0.357 e. The van der Waals surface area contributed by atoms with Crippen LogP contribution in [0.2, 0.25) is 0 Å². The first-order valence-electron chi connectivity index (χ1n) is 11.8. The Morgan fingerprint density at radius 3 is 2.03 bits per heavy atom. The zero-order valence-electron chi connectivity index (χ0n) is 21.4. The van der Waals surface area contributed by atoms with Gasteiger partial charge in [-0.1, -0.05) is 60.2 Å². The smallest absolute Gasteiger partial charge is 0.264 e. The number of benzene rings is 3. The Balaban J connectivity index is 2.06. The van der Waals surface area contributed by atoms with E-state index < -0.39 is 28.5 Å². The van der Waals surface area contributed by atoms with Crippen molar-refractivity contribution in [1.82, 2.24) is 10.2 Å². The Kier molecular flexibility index (Phi) is 8.53. The van der Waals surface area contributed by atoms with Gasteiger partial charge in [-0.25, -0.2) is 8.42 Å². The molecule has 0 saturated heterocycles. The van der Waals surface area contributed by atoms with Crippen LogP contribution in [0, 0.1) is 20.8 Å². The fourth-order valence-electron chi connectivity index (χ4n) is 3.96. The van der Waals surface area contributed by atoms with E-state index in [-0.39, 0.29) is 17.3 Å². The third kappa shape index (κ3) is 5.94. The molecule has 0 aromatic heterocycles. The topological polar surface area (TPSA) is 86.8 Å². The van der Waals surface area contributed by atoms with Crippen molar-refractivity contribution in [1.29, 1.82) is 0 Å². The Hall–Kier alpha value is -3.65. The summed E-state index contributed by atoms with van der Waals surface area (Å²) in [6, 6.07) is 20.4. The zero-order chi connectivity index (χ0) is 26.5. The number of hydrogen-bond donors (Lipinski definition) is 1. The van der Waals surface area contributed by atoms with Crippen molar-refractivity contribution >= 4 is 27.5 Å². The number of carbonyl (C=O) groups is 2. The van der Waals surface area contributed by atoms with E-state index in [1.54, 1.807) is 56.3 Å². The molecule has 0 heterocycles. The molecule has 2 amide bonds. The van der Waals surface area contributed by atoms with Crippen LogP contribution in [0.15, 0.2) is 77.7 Å². The quantitative estimate of drug-likeness (QED) is 0.475. The molecule has 0 saturated carbocycles. The van der Waals surface area contributed by atoms with Gasteiger partial charge in [0.25, 0.3) is 10.0 Å². The van der Waals surface area contributed by atoms with Gasteiger partial charge in [-0.15, -0.1) is 0 Å². The molecule has 36 heavy (non-hydrogen) atoms. The first-order chi connectivity index (χ1) is 17.1. The average Bonchev–Trinajstić information content (AvgIpc) is 2.86. The maximum absolute atomic E-state index is 13.8. The highest BCUT2D eigenvalue weighted by Crippen LogP contribution is 2.27. The molecule has 8 heteroatoms. The lowest BCUT2D eigenvalue weighted by Crippen LogP contribution is -2.50. The second kappa shape index (κ2) is 11.4. The molecule has 190 valence electrons. The maximum Gasteiger partial charge on any atom is 0.264 e. The van der Waals surface area contributed by atoms with Crippen LogP contribution in [0.5, 0.6) is 0 Å². The summed E-state index contributed by atoms with van der Waals surface area (Å²) in [5.41, 5.74) is 3.91. The van der Waals surface area contributed by atoms with Crippen LogP contribution in [-0.4, -0.2) is 44.8 Å².